The molecule has 0 aromatic carbocycles. The minimum Gasteiger partial charge on any atom is -0.462 e. The van der Waals surface area contributed by atoms with E-state index in [0.29, 0.717) is 17.4 Å². The predicted molar refractivity (Wildman–Crippen MR) is 408 cm³/mol. The summed E-state index contributed by atoms with van der Waals surface area (Å²) in [5, 5.41) is 0. The molecule has 0 fully saturated rings. The van der Waals surface area contributed by atoms with Crippen LogP contribution in [0, 0.1) is 0 Å². The van der Waals surface area contributed by atoms with Crippen molar-refractivity contribution in [3.8, 4) is 0 Å². The van der Waals surface area contributed by atoms with Crippen LogP contribution < -0.4 is 0 Å². The highest BCUT2D eigenvalue weighted by atomic mass is 31.2. The van der Waals surface area contributed by atoms with Crippen molar-refractivity contribution < 1.29 is 42.1 Å². The molecule has 0 heterocycles. The van der Waals surface area contributed by atoms with Crippen molar-refractivity contribution in [1.82, 2.24) is 0 Å². The third-order valence-electron chi connectivity index (χ3n) is 16.4. The van der Waals surface area contributed by atoms with Crippen LogP contribution in [0.3, 0.4) is 0 Å². The monoisotopic (exact) mass is 1330 g/mol. The molecule has 2 unspecified atom stereocenters. The molecule has 0 aliphatic heterocycles. The van der Waals surface area contributed by atoms with Crippen molar-refractivity contribution in [3.05, 3.63) is 146 Å². The fourth-order valence-electron chi connectivity index (χ4n) is 10.6. The number of unbranched alkanes of at least 4 members (excludes halogenated alkanes) is 32. The molecule has 0 amide bonds. The second kappa shape index (κ2) is 73.1. The van der Waals surface area contributed by atoms with Gasteiger partial charge in [-0.3, -0.25) is 18.6 Å². The number of rotatable bonds is 70. The first-order valence-electron chi connectivity index (χ1n) is 38.6. The number of nitrogens with zero attached hydrogens (tertiary/aromatic N) is 1. The number of carbonyl (C=O) groups excluding carboxylic acids is 2. The van der Waals surface area contributed by atoms with E-state index in [9.17, 15) is 19.0 Å². The highest BCUT2D eigenvalue weighted by Gasteiger charge is 2.27. The molecule has 0 spiro atoms. The van der Waals surface area contributed by atoms with Crippen molar-refractivity contribution in [1.29, 1.82) is 0 Å². The van der Waals surface area contributed by atoms with Gasteiger partial charge in [0.2, 0.25) is 0 Å². The van der Waals surface area contributed by atoms with Gasteiger partial charge in [0.25, 0.3) is 0 Å². The van der Waals surface area contributed by atoms with E-state index in [4.69, 9.17) is 18.5 Å². The minimum atomic E-state index is -4.40. The molecule has 2 atom stereocenters. The summed E-state index contributed by atoms with van der Waals surface area (Å²) >= 11 is 0. The number of phosphoric ester groups is 1. The van der Waals surface area contributed by atoms with Crippen molar-refractivity contribution in [2.45, 2.75) is 328 Å². The number of allylic oxidation sites excluding steroid dienone is 24. The average molecular weight is 1330 g/mol. The SMILES string of the molecule is CC/C=C\C/C=C\C/C=C\C/C=C\C/C=C\C/C=C\C/C=C\C/C=C\CCCCCCCCCCCCC(=O)OC(COC(=O)CCCCCCCCCCCCCCCCCCCCCCCC/C=C\C/C=C\C/C=C\C/C=C\CC)COP(=O)(O)OCC[N+](C)(C)C. The fourth-order valence-corrected chi connectivity index (χ4v) is 11.3. The third-order valence-corrected chi connectivity index (χ3v) is 17.3. The Kier molecular flexibility index (Phi) is 69.9. The summed E-state index contributed by atoms with van der Waals surface area (Å²) in [7, 11) is 1.47. The van der Waals surface area contributed by atoms with Crippen molar-refractivity contribution in [2.75, 3.05) is 47.5 Å². The van der Waals surface area contributed by atoms with Crippen LogP contribution in [0.5, 0.6) is 0 Å². The molecule has 1 N–H and O–H groups in total. The van der Waals surface area contributed by atoms with Gasteiger partial charge in [-0.15, -0.1) is 0 Å². The quantitative estimate of drug-likeness (QED) is 0.0211. The number of carbonyl (C=O) groups is 2. The van der Waals surface area contributed by atoms with Gasteiger partial charge in [-0.2, -0.15) is 0 Å². The largest absolute Gasteiger partial charge is 0.472 e. The first-order valence-corrected chi connectivity index (χ1v) is 40.1. The van der Waals surface area contributed by atoms with Crippen molar-refractivity contribution >= 4 is 19.8 Å². The lowest BCUT2D eigenvalue weighted by atomic mass is 10.0. The van der Waals surface area contributed by atoms with Crippen LogP contribution in [-0.4, -0.2) is 74.9 Å². The summed E-state index contributed by atoms with van der Waals surface area (Å²) in [5.74, 6) is -0.797. The molecule has 0 radical (unpaired) electrons. The number of ether oxygens (including phenoxy) is 2. The lowest BCUT2D eigenvalue weighted by Gasteiger charge is -2.24. The summed E-state index contributed by atoms with van der Waals surface area (Å²) in [5.41, 5.74) is 0. The Morgan fingerprint density at radius 2 is 0.574 bits per heavy atom. The molecular formula is C84H145NO8P+. The standard InChI is InChI=1S/C84H144NO8P/c1-6-8-10-12-14-16-18-20-22-24-26-28-30-32-34-36-38-40-42-44-46-48-50-52-54-56-58-60-62-64-66-68-70-72-74-76-83(86)90-80-82(81-92-94(88,89)91-79-78-85(3,4)5)93-84(87)77-75-73-71-69-67-65-63-61-59-57-55-53-51-49-47-45-43-41-39-37-35-33-31-29-27-25-23-21-19-17-15-13-11-9-7-2/h8-11,14-17,20-23,26-29,33,35,39,41,45,47,51,53,82H,6-7,12-13,18-19,24-25,30-32,34,36-38,40,42-44,46,48-50,52,54-81H2,1-5H3/p+1/b10-8-,11-9-,16-14-,17-15-,22-20-,23-21-,28-26-,29-27-,35-33-,41-39-,47-45-,53-51-. The smallest absolute Gasteiger partial charge is 0.462 e. The van der Waals surface area contributed by atoms with Crippen molar-refractivity contribution in [3.63, 3.8) is 0 Å². The molecular weight excluding hydrogens is 1180 g/mol. The van der Waals surface area contributed by atoms with E-state index in [1.807, 2.05) is 21.1 Å². The Morgan fingerprint density at radius 1 is 0.330 bits per heavy atom. The van der Waals surface area contributed by atoms with E-state index in [-0.39, 0.29) is 32.0 Å². The number of phosphoric acid groups is 1. The Balaban J connectivity index is 4.02. The Morgan fingerprint density at radius 3 is 0.851 bits per heavy atom. The van der Waals surface area contributed by atoms with Crippen LogP contribution in [0.2, 0.25) is 0 Å². The van der Waals surface area contributed by atoms with Crippen LogP contribution in [-0.2, 0) is 32.7 Å². The lowest BCUT2D eigenvalue weighted by Crippen LogP contribution is -2.37. The molecule has 0 aromatic heterocycles. The second-order valence-corrected chi connectivity index (χ2v) is 28.1. The zero-order valence-electron chi connectivity index (χ0n) is 61.4. The van der Waals surface area contributed by atoms with Gasteiger partial charge in [0.05, 0.1) is 27.7 Å². The highest BCUT2D eigenvalue weighted by molar-refractivity contribution is 7.47. The number of likely N-dealkylation sites (N-methyl/N-ethyl adjacent to an activating group) is 1. The molecule has 0 rings (SSSR count). The van der Waals surface area contributed by atoms with E-state index in [1.165, 1.54) is 167 Å². The maximum atomic E-state index is 12.9. The molecule has 0 aromatic rings. The van der Waals surface area contributed by atoms with Gasteiger partial charge in [0.15, 0.2) is 6.10 Å². The summed E-state index contributed by atoms with van der Waals surface area (Å²) in [4.78, 5) is 36.0. The number of quaternary nitrogens is 1. The molecule has 0 saturated heterocycles. The minimum absolute atomic E-state index is 0.0262. The molecule has 538 valence electrons. The summed E-state index contributed by atoms with van der Waals surface area (Å²) in [6, 6.07) is 0. The summed E-state index contributed by atoms with van der Waals surface area (Å²) in [6.45, 7) is 4.22. The van der Waals surface area contributed by atoms with Crippen LogP contribution in [0.25, 0.3) is 0 Å². The fraction of sp³-hybridized carbons (Fsp3) is 0.690. The van der Waals surface area contributed by atoms with Gasteiger partial charge in [-0.05, 0) is 116 Å². The van der Waals surface area contributed by atoms with Gasteiger partial charge >= 0.3 is 19.8 Å². The van der Waals surface area contributed by atoms with E-state index in [0.717, 1.165) is 122 Å². The molecule has 0 aliphatic carbocycles. The zero-order chi connectivity index (χ0) is 68.3. The Hall–Kier alpha value is -4.11. The van der Waals surface area contributed by atoms with Crippen LogP contribution in [0.4, 0.5) is 0 Å². The van der Waals surface area contributed by atoms with E-state index in [1.54, 1.807) is 0 Å². The van der Waals surface area contributed by atoms with Gasteiger partial charge in [-0.1, -0.05) is 339 Å². The first kappa shape index (κ1) is 89.9. The molecule has 0 aliphatic rings. The number of hydrogen-bond donors (Lipinski definition) is 1. The number of esters is 2. The van der Waals surface area contributed by atoms with E-state index < -0.39 is 26.5 Å². The van der Waals surface area contributed by atoms with Crippen LogP contribution in [0.1, 0.15) is 322 Å². The normalized spacial score (nSPS) is 13.9. The topological polar surface area (TPSA) is 108 Å². The predicted octanol–water partition coefficient (Wildman–Crippen LogP) is 25.7. The maximum Gasteiger partial charge on any atom is 0.472 e. The summed E-state index contributed by atoms with van der Waals surface area (Å²) < 4.78 is 34.8. The molecule has 0 bridgehead atoms. The molecule has 0 saturated carbocycles. The average Bonchev–Trinajstić information content (AvgIpc) is 1.68. The van der Waals surface area contributed by atoms with E-state index >= 15 is 0 Å². The summed E-state index contributed by atoms with van der Waals surface area (Å²) in [6.07, 6.45) is 108. The molecule has 9 nitrogen and oxygen atoms in total. The van der Waals surface area contributed by atoms with Crippen molar-refractivity contribution in [2.24, 2.45) is 0 Å². The maximum absolute atomic E-state index is 12.9. The van der Waals surface area contributed by atoms with Gasteiger partial charge in [0.1, 0.15) is 19.8 Å². The number of hydrogen-bond acceptors (Lipinski definition) is 7. The highest BCUT2D eigenvalue weighted by Crippen LogP contribution is 2.43. The second-order valence-electron chi connectivity index (χ2n) is 26.6. The lowest BCUT2D eigenvalue weighted by molar-refractivity contribution is -0.870. The van der Waals surface area contributed by atoms with Crippen LogP contribution >= 0.6 is 7.82 Å². The molecule has 10 heteroatoms. The first-order chi connectivity index (χ1) is 46.0. The van der Waals surface area contributed by atoms with Gasteiger partial charge in [-0.25, -0.2) is 4.57 Å². The Bertz CT molecular complexity index is 2100. The van der Waals surface area contributed by atoms with Gasteiger partial charge in [0, 0.05) is 12.8 Å². The Labute approximate surface area is 580 Å². The van der Waals surface area contributed by atoms with E-state index in [2.05, 4.69) is 160 Å². The van der Waals surface area contributed by atoms with Crippen LogP contribution in [0.15, 0.2) is 146 Å². The third kappa shape index (κ3) is 76.9. The molecule has 94 heavy (non-hydrogen) atoms. The zero-order valence-corrected chi connectivity index (χ0v) is 62.3. The van der Waals surface area contributed by atoms with Gasteiger partial charge < -0.3 is 18.9 Å².